The number of piperidine rings is 1. The van der Waals surface area contributed by atoms with E-state index >= 15 is 0 Å². The summed E-state index contributed by atoms with van der Waals surface area (Å²) in [6.45, 7) is 1.14. The average Bonchev–Trinajstić information content (AvgIpc) is 2.59. The molecule has 2 heterocycles. The normalized spacial score (nSPS) is 30.9. The zero-order chi connectivity index (χ0) is 9.54. The minimum atomic E-state index is 0.334. The number of nitrogens with zero attached hydrogens (tertiary/aromatic N) is 1. The molecule has 2 atom stereocenters. The lowest BCUT2D eigenvalue weighted by molar-refractivity contribution is 0.282. The summed E-state index contributed by atoms with van der Waals surface area (Å²) in [4.78, 5) is 4.23. The van der Waals surface area contributed by atoms with Gasteiger partial charge in [-0.05, 0) is 32.2 Å². The van der Waals surface area contributed by atoms with Gasteiger partial charge in [0, 0.05) is 12.0 Å². The van der Waals surface area contributed by atoms with Crippen LogP contribution in [0.5, 0.6) is 0 Å². The molecular weight excluding hydrogens is 178 g/mol. The van der Waals surface area contributed by atoms with Gasteiger partial charge < -0.3 is 15.5 Å². The van der Waals surface area contributed by atoms with Gasteiger partial charge in [0.2, 0.25) is 0 Å². The van der Waals surface area contributed by atoms with Crippen LogP contribution in [-0.2, 0) is 6.42 Å². The van der Waals surface area contributed by atoms with Crippen LogP contribution in [0.4, 0.5) is 6.01 Å². The molecule has 14 heavy (non-hydrogen) atoms. The number of hydrogen-bond acceptors (Lipinski definition) is 4. The quantitative estimate of drug-likeness (QED) is 0.646. The molecule has 1 aromatic heterocycles. The van der Waals surface area contributed by atoms with Gasteiger partial charge in [-0.15, -0.1) is 0 Å². The Labute approximate surface area is 82.9 Å². The largest absolute Gasteiger partial charge is 0.428 e. The lowest BCUT2D eigenvalue weighted by Crippen LogP contribution is -2.42. The Balaban J connectivity index is 1.98. The van der Waals surface area contributed by atoms with Gasteiger partial charge in [0.1, 0.15) is 5.76 Å². The summed E-state index contributed by atoms with van der Waals surface area (Å²) in [6, 6.07) is 0.921. The van der Waals surface area contributed by atoms with Crippen LogP contribution < -0.4 is 11.1 Å². The maximum absolute atomic E-state index is 5.58. The Morgan fingerprint density at radius 1 is 1.43 bits per heavy atom. The fourth-order valence-electron chi connectivity index (χ4n) is 2.71. The number of aromatic nitrogens is 1. The highest BCUT2D eigenvalue weighted by Gasteiger charge is 2.35. The smallest absolute Gasteiger partial charge is 0.292 e. The molecule has 3 rings (SSSR count). The lowest BCUT2D eigenvalue weighted by atomic mass is 9.81. The van der Waals surface area contributed by atoms with E-state index in [9.17, 15) is 0 Å². The van der Waals surface area contributed by atoms with Crippen molar-refractivity contribution in [2.75, 3.05) is 12.3 Å². The maximum Gasteiger partial charge on any atom is 0.292 e. The number of nitrogens with one attached hydrogen (secondary N) is 1. The van der Waals surface area contributed by atoms with Crippen LogP contribution in [0.15, 0.2) is 4.42 Å². The Morgan fingerprint density at radius 3 is 3.29 bits per heavy atom. The molecule has 0 spiro atoms. The van der Waals surface area contributed by atoms with Crippen molar-refractivity contribution in [2.45, 2.75) is 37.6 Å². The van der Waals surface area contributed by atoms with Crippen molar-refractivity contribution in [3.8, 4) is 0 Å². The van der Waals surface area contributed by atoms with Crippen molar-refractivity contribution < 1.29 is 4.42 Å². The van der Waals surface area contributed by atoms with Crippen molar-refractivity contribution in [3.05, 3.63) is 11.5 Å². The summed E-state index contributed by atoms with van der Waals surface area (Å²) in [6.07, 6.45) is 4.61. The van der Waals surface area contributed by atoms with E-state index in [2.05, 4.69) is 10.3 Å². The van der Waals surface area contributed by atoms with Crippen molar-refractivity contribution in [1.82, 2.24) is 10.3 Å². The second kappa shape index (κ2) is 2.98. The fourth-order valence-corrected chi connectivity index (χ4v) is 2.71. The SMILES string of the molecule is Nc1nc2c(o1)[C@H]1CCCN[C@@H]1CC2. The molecule has 4 heteroatoms. The highest BCUT2D eigenvalue weighted by Crippen LogP contribution is 2.37. The van der Waals surface area contributed by atoms with Crippen LogP contribution in [0.25, 0.3) is 0 Å². The number of rotatable bonds is 0. The third-order valence-corrected chi connectivity index (χ3v) is 3.36. The first-order valence-electron chi connectivity index (χ1n) is 5.33. The van der Waals surface area contributed by atoms with E-state index in [0.717, 1.165) is 24.4 Å². The van der Waals surface area contributed by atoms with Crippen LogP contribution in [0.1, 0.15) is 36.6 Å². The molecule has 0 aromatic carbocycles. The van der Waals surface area contributed by atoms with Gasteiger partial charge >= 0.3 is 0 Å². The molecule has 1 aromatic rings. The summed E-state index contributed by atoms with van der Waals surface area (Å²) >= 11 is 0. The van der Waals surface area contributed by atoms with Crippen molar-refractivity contribution in [1.29, 1.82) is 0 Å². The number of nitrogen functional groups attached to an aromatic ring is 1. The third-order valence-electron chi connectivity index (χ3n) is 3.36. The van der Waals surface area contributed by atoms with E-state index in [4.69, 9.17) is 10.2 Å². The standard InChI is InChI=1S/C10H15N3O/c11-10-13-8-4-3-7-6(9(8)14-10)2-1-5-12-7/h6-7,12H,1-5H2,(H2,11,13)/t6-,7+/m0/s1. The molecule has 4 nitrogen and oxygen atoms in total. The molecule has 3 N–H and O–H groups in total. The van der Waals surface area contributed by atoms with Gasteiger partial charge in [-0.25, -0.2) is 0 Å². The second-order valence-corrected chi connectivity index (χ2v) is 4.21. The number of fused-ring (bicyclic) bond motifs is 3. The van der Waals surface area contributed by atoms with E-state index in [1.807, 2.05) is 0 Å². The molecule has 76 valence electrons. The fraction of sp³-hybridized carbons (Fsp3) is 0.700. The maximum atomic E-state index is 5.58. The summed E-state index contributed by atoms with van der Waals surface area (Å²) in [5.74, 6) is 1.56. The molecule has 1 aliphatic heterocycles. The van der Waals surface area contributed by atoms with Gasteiger partial charge in [-0.1, -0.05) is 0 Å². The summed E-state index contributed by atoms with van der Waals surface area (Å²) in [5, 5.41) is 3.54. The number of oxazole rings is 1. The first-order valence-corrected chi connectivity index (χ1v) is 5.33. The summed E-state index contributed by atoms with van der Waals surface area (Å²) in [5.41, 5.74) is 6.67. The van der Waals surface area contributed by atoms with Crippen LogP contribution >= 0.6 is 0 Å². The van der Waals surface area contributed by atoms with Gasteiger partial charge in [0.25, 0.3) is 6.01 Å². The van der Waals surface area contributed by atoms with Crippen molar-refractivity contribution in [2.24, 2.45) is 0 Å². The van der Waals surface area contributed by atoms with Crippen LogP contribution in [0, 0.1) is 0 Å². The van der Waals surface area contributed by atoms with E-state index in [-0.39, 0.29) is 0 Å². The zero-order valence-corrected chi connectivity index (χ0v) is 8.12. The molecule has 2 aliphatic rings. The van der Waals surface area contributed by atoms with Crippen molar-refractivity contribution in [3.63, 3.8) is 0 Å². The molecular formula is C10H15N3O. The molecule has 0 bridgehead atoms. The van der Waals surface area contributed by atoms with Gasteiger partial charge in [0.15, 0.2) is 0 Å². The predicted octanol–water partition coefficient (Wildman–Crippen LogP) is 1.04. The Morgan fingerprint density at radius 2 is 2.36 bits per heavy atom. The molecule has 1 fully saturated rings. The minimum Gasteiger partial charge on any atom is -0.428 e. The first kappa shape index (κ1) is 8.29. The minimum absolute atomic E-state index is 0.334. The molecule has 0 radical (unpaired) electrons. The average molecular weight is 193 g/mol. The number of aryl methyl sites for hydroxylation is 1. The Bertz CT molecular complexity index is 347. The van der Waals surface area contributed by atoms with E-state index in [1.54, 1.807) is 0 Å². The van der Waals surface area contributed by atoms with Gasteiger partial charge in [-0.3, -0.25) is 0 Å². The molecule has 0 amide bonds. The zero-order valence-electron chi connectivity index (χ0n) is 8.12. The molecule has 0 unspecified atom stereocenters. The Hall–Kier alpha value is -1.03. The van der Waals surface area contributed by atoms with Gasteiger partial charge in [0.05, 0.1) is 5.69 Å². The number of nitrogens with two attached hydrogens (primary N) is 1. The summed E-state index contributed by atoms with van der Waals surface area (Å²) < 4.78 is 5.50. The Kier molecular flexibility index (Phi) is 1.77. The van der Waals surface area contributed by atoms with E-state index in [0.29, 0.717) is 18.0 Å². The van der Waals surface area contributed by atoms with Crippen molar-refractivity contribution >= 4 is 6.01 Å². The highest BCUT2D eigenvalue weighted by atomic mass is 16.4. The van der Waals surface area contributed by atoms with Crippen LogP contribution in [-0.4, -0.2) is 17.6 Å². The highest BCUT2D eigenvalue weighted by molar-refractivity contribution is 5.27. The first-order chi connectivity index (χ1) is 6.84. The molecule has 1 saturated heterocycles. The second-order valence-electron chi connectivity index (χ2n) is 4.21. The summed E-state index contributed by atoms with van der Waals surface area (Å²) in [7, 11) is 0. The number of anilines is 1. The molecule has 0 saturated carbocycles. The molecule has 1 aliphatic carbocycles. The third kappa shape index (κ3) is 1.14. The monoisotopic (exact) mass is 193 g/mol. The van der Waals surface area contributed by atoms with E-state index in [1.165, 1.54) is 19.3 Å². The number of hydrogen-bond donors (Lipinski definition) is 2. The van der Waals surface area contributed by atoms with Gasteiger partial charge in [-0.2, -0.15) is 4.98 Å². The van der Waals surface area contributed by atoms with E-state index < -0.39 is 0 Å². The topological polar surface area (TPSA) is 64.1 Å². The lowest BCUT2D eigenvalue weighted by Gasteiger charge is -2.34. The van der Waals surface area contributed by atoms with Crippen LogP contribution in [0.3, 0.4) is 0 Å². The predicted molar refractivity (Wildman–Crippen MR) is 53.0 cm³/mol. The van der Waals surface area contributed by atoms with Crippen LogP contribution in [0.2, 0.25) is 0 Å².